The molecule has 10 heteroatoms. The molecule has 0 saturated heterocycles. The number of nitrogens with zero attached hydrogens (tertiary/aromatic N) is 1. The lowest BCUT2D eigenvalue weighted by atomic mass is 9.80. The number of carbonyl (C=O) groups excluding carboxylic acids is 3. The van der Waals surface area contributed by atoms with Gasteiger partial charge in [0.05, 0.1) is 13.2 Å². The number of methoxy groups -OCH3 is 1. The molecule has 3 amide bonds. The van der Waals surface area contributed by atoms with Gasteiger partial charge in [0.25, 0.3) is 5.91 Å². The van der Waals surface area contributed by atoms with Crippen molar-refractivity contribution < 1.29 is 24.2 Å². The monoisotopic (exact) mass is 608 g/mol. The summed E-state index contributed by atoms with van der Waals surface area (Å²) in [6, 6.07) is 17.4. The fraction of sp³-hybridized carbons (Fsp3) is 0.364. The van der Waals surface area contributed by atoms with E-state index >= 15 is 0 Å². The normalized spacial score (nSPS) is 12.4. The Morgan fingerprint density at radius 3 is 2.16 bits per heavy atom. The molecule has 0 aromatic heterocycles. The molecule has 0 spiro atoms. The Morgan fingerprint density at radius 1 is 0.930 bits per heavy atom. The fourth-order valence-corrected chi connectivity index (χ4v) is 5.32. The van der Waals surface area contributed by atoms with E-state index in [1.807, 2.05) is 50.2 Å². The first-order valence-corrected chi connectivity index (χ1v) is 14.8. The first-order chi connectivity index (χ1) is 20.6. The van der Waals surface area contributed by atoms with Crippen LogP contribution in [0.5, 0.6) is 5.75 Å². The molecule has 6 N–H and O–H groups in total. The molecule has 0 aliphatic heterocycles. The summed E-state index contributed by atoms with van der Waals surface area (Å²) in [5.41, 5.74) is 13.6. The number of nitrogens with one attached hydrogen (secondary N) is 1. The van der Waals surface area contributed by atoms with Crippen molar-refractivity contribution in [2.75, 3.05) is 26.7 Å². The average molecular weight is 609 g/mol. The Kier molecular flexibility index (Phi) is 12.5. The molecule has 3 aromatic carbocycles. The number of benzene rings is 3. The topological polar surface area (TPSA) is 148 Å². The number of hydrogen-bond donors (Lipinski definition) is 4. The van der Waals surface area contributed by atoms with Crippen molar-refractivity contribution in [1.29, 1.82) is 0 Å². The van der Waals surface area contributed by atoms with Crippen molar-refractivity contribution >= 4 is 29.3 Å². The first-order valence-electron chi connectivity index (χ1n) is 14.4. The smallest absolute Gasteiger partial charge is 0.254 e. The van der Waals surface area contributed by atoms with Crippen LogP contribution in [0.25, 0.3) is 0 Å². The number of ether oxygens (including phenoxy) is 1. The van der Waals surface area contributed by atoms with Crippen LogP contribution < -0.4 is 21.5 Å². The van der Waals surface area contributed by atoms with Crippen LogP contribution in [0.2, 0.25) is 5.02 Å². The molecule has 9 nitrogen and oxygen atoms in total. The van der Waals surface area contributed by atoms with E-state index in [-0.39, 0.29) is 41.1 Å². The number of rotatable bonds is 16. The second-order valence-electron chi connectivity index (χ2n) is 10.5. The maximum Gasteiger partial charge on any atom is 0.254 e. The molecule has 2 atom stereocenters. The Balaban J connectivity index is 2.13. The number of aliphatic hydroxyl groups is 1. The van der Waals surface area contributed by atoms with Gasteiger partial charge < -0.3 is 31.5 Å². The number of amides is 3. The van der Waals surface area contributed by atoms with E-state index < -0.39 is 23.8 Å². The highest BCUT2D eigenvalue weighted by atomic mass is 35.5. The minimum Gasteiger partial charge on any atom is -0.497 e. The zero-order valence-corrected chi connectivity index (χ0v) is 25.7. The molecule has 0 aliphatic rings. The van der Waals surface area contributed by atoms with Gasteiger partial charge in [-0.3, -0.25) is 14.4 Å². The van der Waals surface area contributed by atoms with Gasteiger partial charge in [0.15, 0.2) is 0 Å². The summed E-state index contributed by atoms with van der Waals surface area (Å²) < 4.78 is 5.31. The Labute approximate surface area is 258 Å². The van der Waals surface area contributed by atoms with Gasteiger partial charge in [0, 0.05) is 53.8 Å². The zero-order chi connectivity index (χ0) is 31.5. The lowest BCUT2D eigenvalue weighted by Gasteiger charge is -2.30. The molecular formula is C33H41ClN4O5. The van der Waals surface area contributed by atoms with Gasteiger partial charge in [0.2, 0.25) is 11.8 Å². The van der Waals surface area contributed by atoms with E-state index in [1.165, 1.54) is 12.1 Å². The van der Waals surface area contributed by atoms with Crippen LogP contribution >= 0.6 is 11.6 Å². The second-order valence-corrected chi connectivity index (χ2v) is 10.9. The maximum absolute atomic E-state index is 14.1. The Bertz CT molecular complexity index is 1410. The second kappa shape index (κ2) is 16.1. The number of hydrogen-bond acceptors (Lipinski definition) is 6. The van der Waals surface area contributed by atoms with E-state index in [9.17, 15) is 19.5 Å². The molecule has 0 unspecified atom stereocenters. The Morgan fingerprint density at radius 2 is 1.58 bits per heavy atom. The zero-order valence-electron chi connectivity index (χ0n) is 24.9. The van der Waals surface area contributed by atoms with Crippen molar-refractivity contribution in [2.45, 2.75) is 51.7 Å². The van der Waals surface area contributed by atoms with Crippen LogP contribution in [-0.2, 0) is 13.0 Å². The largest absolute Gasteiger partial charge is 0.497 e. The van der Waals surface area contributed by atoms with E-state index in [1.54, 1.807) is 24.1 Å². The van der Waals surface area contributed by atoms with Crippen LogP contribution in [0.4, 0.5) is 0 Å². The quantitative estimate of drug-likeness (QED) is 0.191. The highest BCUT2D eigenvalue weighted by molar-refractivity contribution is 6.30. The molecule has 0 saturated carbocycles. The van der Waals surface area contributed by atoms with Gasteiger partial charge in [-0.05, 0) is 72.4 Å². The van der Waals surface area contributed by atoms with Crippen LogP contribution in [-0.4, -0.2) is 60.6 Å². The molecular weight excluding hydrogens is 568 g/mol. The number of carbonyl (C=O) groups is 3. The van der Waals surface area contributed by atoms with E-state index in [0.29, 0.717) is 43.2 Å². The number of aliphatic hydroxyl groups excluding tert-OH is 1. The van der Waals surface area contributed by atoms with Crippen molar-refractivity contribution in [3.63, 3.8) is 0 Å². The lowest BCUT2D eigenvalue weighted by molar-refractivity contribution is 0.0751. The van der Waals surface area contributed by atoms with Crippen LogP contribution in [0.1, 0.15) is 80.4 Å². The highest BCUT2D eigenvalue weighted by Gasteiger charge is 2.32. The third-order valence-corrected chi connectivity index (χ3v) is 7.51. The molecule has 0 heterocycles. The summed E-state index contributed by atoms with van der Waals surface area (Å²) in [5.74, 6) is -2.03. The van der Waals surface area contributed by atoms with Crippen molar-refractivity contribution in [3.05, 3.63) is 99.1 Å². The van der Waals surface area contributed by atoms with Gasteiger partial charge in [-0.2, -0.15) is 0 Å². The molecule has 0 radical (unpaired) electrons. The maximum atomic E-state index is 14.1. The van der Waals surface area contributed by atoms with E-state index in [4.69, 9.17) is 27.8 Å². The summed E-state index contributed by atoms with van der Waals surface area (Å²) >= 11 is 6.13. The lowest BCUT2D eigenvalue weighted by Crippen LogP contribution is -2.38. The predicted molar refractivity (Wildman–Crippen MR) is 169 cm³/mol. The van der Waals surface area contributed by atoms with Crippen LogP contribution in [0.3, 0.4) is 0 Å². The van der Waals surface area contributed by atoms with E-state index in [2.05, 4.69) is 5.32 Å². The molecule has 43 heavy (non-hydrogen) atoms. The van der Waals surface area contributed by atoms with Crippen molar-refractivity contribution in [3.8, 4) is 5.75 Å². The average Bonchev–Trinajstić information content (AvgIpc) is 2.99. The van der Waals surface area contributed by atoms with Gasteiger partial charge in [-0.1, -0.05) is 49.7 Å². The summed E-state index contributed by atoms with van der Waals surface area (Å²) in [4.78, 5) is 40.9. The minimum absolute atomic E-state index is 0.00951. The minimum atomic E-state index is -1.06. The van der Waals surface area contributed by atoms with Gasteiger partial charge in [-0.15, -0.1) is 0 Å². The van der Waals surface area contributed by atoms with Gasteiger partial charge in [-0.25, -0.2) is 0 Å². The molecule has 3 rings (SSSR count). The highest BCUT2D eigenvalue weighted by Crippen LogP contribution is 2.33. The van der Waals surface area contributed by atoms with Crippen molar-refractivity contribution in [1.82, 2.24) is 10.2 Å². The summed E-state index contributed by atoms with van der Waals surface area (Å²) in [6.07, 6.45) is 0.627. The van der Waals surface area contributed by atoms with Gasteiger partial charge in [0.1, 0.15) is 5.75 Å². The fourth-order valence-electron chi connectivity index (χ4n) is 5.19. The number of nitrogens with two attached hydrogens (primary N) is 2. The Hall–Kier alpha value is -3.92. The molecule has 230 valence electrons. The van der Waals surface area contributed by atoms with Crippen LogP contribution in [0, 0.1) is 0 Å². The SMILES string of the molecule is CCCN(CCC)C(=O)c1cc(C(N)=O)cc(C(N)=O)c1[C@H](Cc1ccc(Cl)cc1)[C@@H](O)CNCc1cccc(OC)c1. The number of halogens is 1. The van der Waals surface area contributed by atoms with Crippen molar-refractivity contribution in [2.24, 2.45) is 11.5 Å². The van der Waals surface area contributed by atoms with Gasteiger partial charge >= 0.3 is 0 Å². The third kappa shape index (κ3) is 9.03. The molecule has 0 aliphatic carbocycles. The summed E-state index contributed by atoms with van der Waals surface area (Å²) in [7, 11) is 1.60. The molecule has 0 bridgehead atoms. The first kappa shape index (κ1) is 33.6. The molecule has 0 fully saturated rings. The summed E-state index contributed by atoms with van der Waals surface area (Å²) in [6.45, 7) is 5.46. The number of primary amides is 2. The van der Waals surface area contributed by atoms with Crippen LogP contribution in [0.15, 0.2) is 60.7 Å². The third-order valence-electron chi connectivity index (χ3n) is 7.26. The van der Waals surface area contributed by atoms with E-state index in [0.717, 1.165) is 11.1 Å². The molecule has 3 aromatic rings. The summed E-state index contributed by atoms with van der Waals surface area (Å²) in [5, 5.41) is 15.5. The predicted octanol–water partition coefficient (Wildman–Crippen LogP) is 4.29. The standard InChI is InChI=1S/C33H41ClN4O5/c1-4-13-38(14-5-2)33(42)28-18-23(31(35)40)17-27(32(36)41)30(28)26(16-21-9-11-24(34)12-10-21)29(39)20-37-19-22-7-6-8-25(15-22)43-3/h6-12,15,17-18,26,29,37,39H,4-5,13-14,16,19-20H2,1-3H3,(H2,35,40)(H2,36,41)/t26-,29+/m1/s1.